The molecule has 0 saturated heterocycles. The van der Waals surface area contributed by atoms with Crippen molar-refractivity contribution in [3.05, 3.63) is 65.4 Å². The number of nitrogens with zero attached hydrogens (tertiary/aromatic N) is 1. The lowest BCUT2D eigenvalue weighted by molar-refractivity contribution is -0.136. The SMILES string of the molecule is CCOc1ccc(NC(=O)CN2C(=O)N[C@@H](c3ccccc3OCC)C3=C2COC3=O)cc1. The first-order chi connectivity index (χ1) is 16.0. The summed E-state index contributed by atoms with van der Waals surface area (Å²) < 4.78 is 16.3. The maximum absolute atomic E-state index is 13.0. The topological polar surface area (TPSA) is 106 Å². The van der Waals surface area contributed by atoms with E-state index in [2.05, 4.69) is 10.6 Å². The van der Waals surface area contributed by atoms with Gasteiger partial charge in [-0.25, -0.2) is 9.59 Å². The van der Waals surface area contributed by atoms with Gasteiger partial charge >= 0.3 is 12.0 Å². The van der Waals surface area contributed by atoms with Gasteiger partial charge in [-0.05, 0) is 44.2 Å². The maximum atomic E-state index is 13.0. The minimum atomic E-state index is -0.726. The second kappa shape index (κ2) is 9.64. The summed E-state index contributed by atoms with van der Waals surface area (Å²) in [7, 11) is 0. The summed E-state index contributed by atoms with van der Waals surface area (Å²) >= 11 is 0. The van der Waals surface area contributed by atoms with Gasteiger partial charge in [0, 0.05) is 11.3 Å². The second-order valence-corrected chi connectivity index (χ2v) is 7.38. The maximum Gasteiger partial charge on any atom is 0.338 e. The van der Waals surface area contributed by atoms with Crippen LogP contribution in [0.15, 0.2) is 59.8 Å². The summed E-state index contributed by atoms with van der Waals surface area (Å²) in [5.41, 5.74) is 1.90. The fraction of sp³-hybridized carbons (Fsp3) is 0.292. The van der Waals surface area contributed by atoms with Gasteiger partial charge in [-0.1, -0.05) is 18.2 Å². The largest absolute Gasteiger partial charge is 0.494 e. The molecule has 2 aromatic rings. The molecule has 3 amide bonds. The molecule has 0 spiro atoms. The van der Waals surface area contributed by atoms with Gasteiger partial charge in [0.2, 0.25) is 5.91 Å². The van der Waals surface area contributed by atoms with E-state index in [1.54, 1.807) is 42.5 Å². The molecular formula is C24H25N3O6. The molecule has 2 aliphatic rings. The van der Waals surface area contributed by atoms with Crippen LogP contribution in [0.1, 0.15) is 25.5 Å². The first-order valence-corrected chi connectivity index (χ1v) is 10.7. The third-order valence-electron chi connectivity index (χ3n) is 5.28. The van der Waals surface area contributed by atoms with Crippen molar-refractivity contribution in [3.8, 4) is 11.5 Å². The molecule has 9 nitrogen and oxygen atoms in total. The number of anilines is 1. The molecule has 0 aromatic heterocycles. The molecule has 2 N–H and O–H groups in total. The average molecular weight is 451 g/mol. The van der Waals surface area contributed by atoms with Gasteiger partial charge in [0.05, 0.1) is 30.5 Å². The van der Waals surface area contributed by atoms with Crippen molar-refractivity contribution >= 4 is 23.6 Å². The van der Waals surface area contributed by atoms with Crippen LogP contribution in [0.3, 0.4) is 0 Å². The van der Waals surface area contributed by atoms with Crippen LogP contribution in [0.5, 0.6) is 11.5 Å². The van der Waals surface area contributed by atoms with Crippen LogP contribution in [-0.2, 0) is 14.3 Å². The van der Waals surface area contributed by atoms with Gasteiger partial charge in [0.1, 0.15) is 24.7 Å². The van der Waals surface area contributed by atoms with Crippen molar-refractivity contribution in [2.24, 2.45) is 0 Å². The first-order valence-electron chi connectivity index (χ1n) is 10.7. The van der Waals surface area contributed by atoms with Crippen LogP contribution in [0.2, 0.25) is 0 Å². The van der Waals surface area contributed by atoms with Crippen molar-refractivity contribution < 1.29 is 28.6 Å². The van der Waals surface area contributed by atoms with Crippen molar-refractivity contribution in [1.82, 2.24) is 10.2 Å². The minimum absolute atomic E-state index is 0.0782. The number of para-hydroxylation sites is 1. The van der Waals surface area contributed by atoms with Crippen LogP contribution in [-0.4, -0.2) is 49.2 Å². The minimum Gasteiger partial charge on any atom is -0.494 e. The third-order valence-corrected chi connectivity index (χ3v) is 5.28. The number of cyclic esters (lactones) is 1. The molecule has 172 valence electrons. The molecule has 2 heterocycles. The number of ether oxygens (including phenoxy) is 3. The van der Waals surface area contributed by atoms with E-state index in [1.807, 2.05) is 19.9 Å². The molecule has 1 atom stereocenters. The normalized spacial score (nSPS) is 17.3. The van der Waals surface area contributed by atoms with E-state index in [4.69, 9.17) is 14.2 Å². The van der Waals surface area contributed by atoms with Crippen molar-refractivity contribution in [2.45, 2.75) is 19.9 Å². The standard InChI is InChI=1S/C24H25N3O6/c1-3-31-16-11-9-15(10-12-16)25-20(28)13-27-18-14-33-23(29)21(18)22(26-24(27)30)17-7-5-6-8-19(17)32-4-2/h5-12,22H,3-4,13-14H2,1-2H3,(H,25,28)(H,26,30)/t22-/m0/s1. The number of hydrogen-bond acceptors (Lipinski definition) is 6. The number of amides is 3. The van der Waals surface area contributed by atoms with Crippen LogP contribution >= 0.6 is 0 Å². The Hall–Kier alpha value is -4.01. The molecule has 0 fully saturated rings. The van der Waals surface area contributed by atoms with Gasteiger partial charge in [-0.2, -0.15) is 0 Å². The van der Waals surface area contributed by atoms with Gasteiger partial charge in [0.25, 0.3) is 0 Å². The molecule has 0 aliphatic carbocycles. The average Bonchev–Trinajstić information content (AvgIpc) is 3.19. The monoisotopic (exact) mass is 451 g/mol. The summed E-state index contributed by atoms with van der Waals surface area (Å²) in [4.78, 5) is 39.4. The summed E-state index contributed by atoms with van der Waals surface area (Å²) in [6.45, 7) is 4.38. The number of carbonyl (C=O) groups is 3. The highest BCUT2D eigenvalue weighted by molar-refractivity contribution is 6.00. The summed E-state index contributed by atoms with van der Waals surface area (Å²) in [6, 6.07) is 12.9. The molecule has 2 aliphatic heterocycles. The van der Waals surface area contributed by atoms with Gasteiger partial charge in [0.15, 0.2) is 0 Å². The van der Waals surface area contributed by atoms with Crippen molar-refractivity contribution in [3.63, 3.8) is 0 Å². The number of nitrogens with one attached hydrogen (secondary N) is 2. The summed E-state index contributed by atoms with van der Waals surface area (Å²) in [6.07, 6.45) is 0. The first kappa shape index (κ1) is 22.2. The van der Waals surface area contributed by atoms with E-state index < -0.39 is 23.9 Å². The summed E-state index contributed by atoms with van der Waals surface area (Å²) in [5.74, 6) is 0.325. The molecule has 9 heteroatoms. The van der Waals surface area contributed by atoms with E-state index in [9.17, 15) is 14.4 Å². The Kier molecular flexibility index (Phi) is 6.48. The van der Waals surface area contributed by atoms with E-state index in [1.165, 1.54) is 4.90 Å². The zero-order chi connectivity index (χ0) is 23.4. The predicted octanol–water partition coefficient (Wildman–Crippen LogP) is 3.00. The Labute approximate surface area is 191 Å². The Bertz CT molecular complexity index is 1100. The second-order valence-electron chi connectivity index (χ2n) is 7.38. The number of esters is 1. The van der Waals surface area contributed by atoms with Crippen molar-refractivity contribution in [1.29, 1.82) is 0 Å². The fourth-order valence-electron chi connectivity index (χ4n) is 3.86. The van der Waals surface area contributed by atoms with Crippen LogP contribution in [0, 0.1) is 0 Å². The Balaban J connectivity index is 1.55. The van der Waals surface area contributed by atoms with Crippen LogP contribution < -0.4 is 20.1 Å². The zero-order valence-corrected chi connectivity index (χ0v) is 18.4. The number of benzene rings is 2. The highest BCUT2D eigenvalue weighted by Crippen LogP contribution is 2.38. The molecule has 33 heavy (non-hydrogen) atoms. The number of hydrogen-bond donors (Lipinski definition) is 2. The predicted molar refractivity (Wildman–Crippen MR) is 120 cm³/mol. The highest BCUT2D eigenvalue weighted by atomic mass is 16.5. The van der Waals surface area contributed by atoms with Crippen LogP contribution in [0.4, 0.5) is 10.5 Å². The van der Waals surface area contributed by atoms with E-state index in [0.717, 1.165) is 0 Å². The quantitative estimate of drug-likeness (QED) is 0.598. The molecule has 0 radical (unpaired) electrons. The highest BCUT2D eigenvalue weighted by Gasteiger charge is 2.43. The fourth-order valence-corrected chi connectivity index (χ4v) is 3.86. The molecule has 0 saturated carbocycles. The summed E-state index contributed by atoms with van der Waals surface area (Å²) in [5, 5.41) is 5.58. The zero-order valence-electron chi connectivity index (χ0n) is 18.4. The number of carbonyl (C=O) groups excluding carboxylic acids is 3. The van der Waals surface area contributed by atoms with E-state index in [0.29, 0.717) is 47.2 Å². The Morgan fingerprint density at radius 2 is 1.82 bits per heavy atom. The molecule has 2 aromatic carbocycles. The van der Waals surface area contributed by atoms with Gasteiger partial charge in [-0.15, -0.1) is 0 Å². The lowest BCUT2D eigenvalue weighted by Crippen LogP contribution is -2.49. The van der Waals surface area contributed by atoms with Gasteiger partial charge in [-0.3, -0.25) is 9.69 Å². The van der Waals surface area contributed by atoms with Gasteiger partial charge < -0.3 is 24.8 Å². The smallest absolute Gasteiger partial charge is 0.338 e. The molecule has 0 bridgehead atoms. The van der Waals surface area contributed by atoms with Crippen LogP contribution in [0.25, 0.3) is 0 Å². The molecule has 0 unspecified atom stereocenters. The number of rotatable bonds is 8. The Morgan fingerprint density at radius 1 is 1.09 bits per heavy atom. The molecule has 4 rings (SSSR count). The lowest BCUT2D eigenvalue weighted by atomic mass is 9.95. The molecular weight excluding hydrogens is 426 g/mol. The third kappa shape index (κ3) is 4.62. The Morgan fingerprint density at radius 3 is 2.55 bits per heavy atom. The van der Waals surface area contributed by atoms with E-state index >= 15 is 0 Å². The van der Waals surface area contributed by atoms with Crippen molar-refractivity contribution in [2.75, 3.05) is 31.7 Å². The number of urea groups is 1. The lowest BCUT2D eigenvalue weighted by Gasteiger charge is -2.33. The van der Waals surface area contributed by atoms with E-state index in [-0.39, 0.29) is 13.2 Å².